The first-order valence-corrected chi connectivity index (χ1v) is 5.97. The molecule has 18 heavy (non-hydrogen) atoms. The number of hydrogen-bond acceptors (Lipinski definition) is 4. The van der Waals surface area contributed by atoms with Gasteiger partial charge in [0.05, 0.1) is 6.04 Å². The maximum absolute atomic E-state index is 11.9. The minimum atomic E-state index is -0.545. The van der Waals surface area contributed by atoms with Gasteiger partial charge in [0.1, 0.15) is 5.75 Å². The summed E-state index contributed by atoms with van der Waals surface area (Å²) in [5.41, 5.74) is 6.83. The third kappa shape index (κ3) is 4.35. The van der Waals surface area contributed by atoms with Crippen molar-refractivity contribution in [1.29, 1.82) is 0 Å². The molecular formula is C13H21N3O2. The van der Waals surface area contributed by atoms with Crippen LogP contribution in [0.4, 0.5) is 0 Å². The molecule has 100 valence electrons. The summed E-state index contributed by atoms with van der Waals surface area (Å²) >= 11 is 0. The summed E-state index contributed by atoms with van der Waals surface area (Å²) in [5, 5.41) is 12.2. The molecule has 0 saturated carbocycles. The fourth-order valence-electron chi connectivity index (χ4n) is 1.65. The van der Waals surface area contributed by atoms with E-state index >= 15 is 0 Å². The molecule has 0 aliphatic rings. The fraction of sp³-hybridized carbons (Fsp3) is 0.462. The number of nitrogens with two attached hydrogens (primary N) is 1. The Bertz CT molecular complexity index is 378. The highest BCUT2D eigenvalue weighted by molar-refractivity contribution is 5.81. The number of rotatable bonds is 6. The van der Waals surface area contributed by atoms with Crippen LogP contribution < -0.4 is 11.1 Å². The first-order chi connectivity index (χ1) is 8.54. The van der Waals surface area contributed by atoms with Gasteiger partial charge in [-0.2, -0.15) is 0 Å². The fourth-order valence-corrected chi connectivity index (χ4v) is 1.65. The summed E-state index contributed by atoms with van der Waals surface area (Å²) in [5.74, 6) is 0.142. The summed E-state index contributed by atoms with van der Waals surface area (Å²) in [6.07, 6.45) is 0.475. The van der Waals surface area contributed by atoms with Crippen molar-refractivity contribution in [3.63, 3.8) is 0 Å². The molecule has 0 radical (unpaired) electrons. The van der Waals surface area contributed by atoms with Crippen LogP contribution in [-0.4, -0.2) is 49.1 Å². The number of carbonyl (C=O) groups excluding carboxylic acids is 1. The second kappa shape index (κ2) is 6.98. The Hall–Kier alpha value is -1.59. The molecule has 0 aliphatic carbocycles. The molecule has 0 fully saturated rings. The van der Waals surface area contributed by atoms with Crippen molar-refractivity contribution in [1.82, 2.24) is 10.2 Å². The van der Waals surface area contributed by atoms with Crippen molar-refractivity contribution in [3.05, 3.63) is 29.8 Å². The molecule has 0 heterocycles. The molecule has 1 aromatic carbocycles. The number of amides is 1. The predicted molar refractivity (Wildman–Crippen MR) is 71.3 cm³/mol. The highest BCUT2D eigenvalue weighted by atomic mass is 16.3. The van der Waals surface area contributed by atoms with E-state index in [0.717, 1.165) is 12.1 Å². The van der Waals surface area contributed by atoms with Crippen LogP contribution in [0.3, 0.4) is 0 Å². The van der Waals surface area contributed by atoms with E-state index in [1.807, 2.05) is 7.05 Å². The number of likely N-dealkylation sites (N-methyl/N-ethyl adjacent to an activating group) is 2. The van der Waals surface area contributed by atoms with Gasteiger partial charge in [-0.05, 0) is 31.2 Å². The third-order valence-electron chi connectivity index (χ3n) is 2.78. The van der Waals surface area contributed by atoms with Crippen LogP contribution >= 0.6 is 0 Å². The molecule has 4 N–H and O–H groups in total. The monoisotopic (exact) mass is 251 g/mol. The van der Waals surface area contributed by atoms with Crippen molar-refractivity contribution in [2.45, 2.75) is 12.5 Å². The van der Waals surface area contributed by atoms with E-state index in [1.165, 1.54) is 0 Å². The van der Waals surface area contributed by atoms with Crippen LogP contribution in [-0.2, 0) is 11.2 Å². The number of aromatic hydroxyl groups is 1. The van der Waals surface area contributed by atoms with Crippen LogP contribution in [0, 0.1) is 0 Å². The van der Waals surface area contributed by atoms with Gasteiger partial charge in [-0.3, -0.25) is 4.79 Å². The van der Waals surface area contributed by atoms with E-state index in [2.05, 4.69) is 5.32 Å². The average Bonchev–Trinajstić information content (AvgIpc) is 2.37. The number of phenols is 1. The zero-order valence-electron chi connectivity index (χ0n) is 10.9. The Balaban J connectivity index is 2.51. The summed E-state index contributed by atoms with van der Waals surface area (Å²) in [4.78, 5) is 13.6. The van der Waals surface area contributed by atoms with Crippen LogP contribution in [0.2, 0.25) is 0 Å². The smallest absolute Gasteiger partial charge is 0.239 e. The van der Waals surface area contributed by atoms with Gasteiger partial charge in [0, 0.05) is 20.1 Å². The van der Waals surface area contributed by atoms with Crippen LogP contribution in [0.5, 0.6) is 5.75 Å². The van der Waals surface area contributed by atoms with Crippen molar-refractivity contribution in [3.8, 4) is 5.75 Å². The Morgan fingerprint density at radius 1 is 1.44 bits per heavy atom. The molecule has 0 aromatic heterocycles. The zero-order valence-corrected chi connectivity index (χ0v) is 10.9. The lowest BCUT2D eigenvalue weighted by Crippen LogP contribution is -2.44. The molecular weight excluding hydrogens is 230 g/mol. The van der Waals surface area contributed by atoms with Crippen molar-refractivity contribution in [2.24, 2.45) is 5.73 Å². The molecule has 0 saturated heterocycles. The number of hydrogen-bond donors (Lipinski definition) is 3. The second-order valence-corrected chi connectivity index (χ2v) is 4.34. The summed E-state index contributed by atoms with van der Waals surface area (Å²) in [7, 11) is 3.59. The third-order valence-corrected chi connectivity index (χ3v) is 2.78. The van der Waals surface area contributed by atoms with Gasteiger partial charge in [-0.25, -0.2) is 0 Å². The predicted octanol–water partition coefficient (Wildman–Crippen LogP) is -0.0602. The summed E-state index contributed by atoms with van der Waals surface area (Å²) in [6.45, 7) is 1.38. The maximum atomic E-state index is 11.9. The van der Waals surface area contributed by atoms with Gasteiger partial charge in [-0.15, -0.1) is 0 Å². The summed E-state index contributed by atoms with van der Waals surface area (Å²) < 4.78 is 0. The number of phenolic OH excluding ortho intramolecular Hbond substituents is 1. The summed E-state index contributed by atoms with van der Waals surface area (Å²) in [6, 6.07) is 6.19. The van der Waals surface area contributed by atoms with Crippen LogP contribution in [0.1, 0.15) is 5.56 Å². The molecule has 0 spiro atoms. The lowest BCUT2D eigenvalue weighted by molar-refractivity contribution is -0.131. The Morgan fingerprint density at radius 2 is 2.06 bits per heavy atom. The normalized spacial score (nSPS) is 12.2. The molecule has 0 unspecified atom stereocenters. The molecule has 1 atom stereocenters. The van der Waals surface area contributed by atoms with Gasteiger partial charge in [0.15, 0.2) is 0 Å². The maximum Gasteiger partial charge on any atom is 0.239 e. The van der Waals surface area contributed by atoms with Gasteiger partial charge >= 0.3 is 0 Å². The Morgan fingerprint density at radius 3 is 2.61 bits per heavy atom. The Labute approximate surface area is 108 Å². The minimum Gasteiger partial charge on any atom is -0.508 e. The molecule has 1 rings (SSSR count). The average molecular weight is 251 g/mol. The molecule has 1 amide bonds. The highest BCUT2D eigenvalue weighted by Crippen LogP contribution is 2.11. The van der Waals surface area contributed by atoms with Crippen LogP contribution in [0.25, 0.3) is 0 Å². The molecule has 0 aliphatic heterocycles. The van der Waals surface area contributed by atoms with Crippen LogP contribution in [0.15, 0.2) is 24.3 Å². The van der Waals surface area contributed by atoms with E-state index in [9.17, 15) is 9.90 Å². The quantitative estimate of drug-likeness (QED) is 0.662. The standard InChI is InChI=1S/C13H21N3O2/c1-15-7-8-16(2)13(18)12(14)9-10-3-5-11(17)6-4-10/h3-6,12,15,17H,7-9,14H2,1-2H3/t12-/m1/s1. The first-order valence-electron chi connectivity index (χ1n) is 5.97. The van der Waals surface area contributed by atoms with Gasteiger partial charge in [0.25, 0.3) is 0 Å². The van der Waals surface area contributed by atoms with E-state index in [0.29, 0.717) is 13.0 Å². The van der Waals surface area contributed by atoms with Crippen molar-refractivity contribution < 1.29 is 9.90 Å². The minimum absolute atomic E-state index is 0.0710. The molecule has 5 nitrogen and oxygen atoms in total. The zero-order chi connectivity index (χ0) is 13.5. The van der Waals surface area contributed by atoms with Gasteiger partial charge in [0.2, 0.25) is 5.91 Å². The lowest BCUT2D eigenvalue weighted by atomic mass is 10.1. The first kappa shape index (κ1) is 14.5. The molecule has 0 bridgehead atoms. The van der Waals surface area contributed by atoms with Gasteiger partial charge in [-0.1, -0.05) is 12.1 Å². The van der Waals surface area contributed by atoms with Gasteiger partial charge < -0.3 is 21.1 Å². The molecule has 5 heteroatoms. The lowest BCUT2D eigenvalue weighted by Gasteiger charge is -2.21. The second-order valence-electron chi connectivity index (χ2n) is 4.34. The molecule has 1 aromatic rings. The van der Waals surface area contributed by atoms with Crippen molar-refractivity contribution >= 4 is 5.91 Å². The number of benzene rings is 1. The van der Waals surface area contributed by atoms with E-state index < -0.39 is 6.04 Å². The van der Waals surface area contributed by atoms with E-state index in [1.54, 1.807) is 36.2 Å². The van der Waals surface area contributed by atoms with E-state index in [-0.39, 0.29) is 11.7 Å². The highest BCUT2D eigenvalue weighted by Gasteiger charge is 2.17. The largest absolute Gasteiger partial charge is 0.508 e. The number of nitrogens with one attached hydrogen (secondary N) is 1. The van der Waals surface area contributed by atoms with Crippen molar-refractivity contribution in [2.75, 3.05) is 27.2 Å². The number of nitrogens with zero attached hydrogens (tertiary/aromatic N) is 1. The SMILES string of the molecule is CNCCN(C)C(=O)[C@H](N)Cc1ccc(O)cc1. The Kier molecular flexibility index (Phi) is 5.61. The van der Waals surface area contributed by atoms with E-state index in [4.69, 9.17) is 5.73 Å². The topological polar surface area (TPSA) is 78.6 Å². The number of carbonyl (C=O) groups is 1.